The maximum atomic E-state index is 11.0. The molecule has 0 fully saturated rings. The van der Waals surface area contributed by atoms with E-state index < -0.39 is 4.92 Å². The minimum Gasteiger partial charge on any atom is -0.376 e. The minimum absolute atomic E-state index is 0.00194. The van der Waals surface area contributed by atoms with Crippen molar-refractivity contribution in [2.75, 3.05) is 11.4 Å². The second-order valence-corrected chi connectivity index (χ2v) is 7.14. The maximum Gasteiger partial charge on any atom is 0.270 e. The Kier molecular flexibility index (Phi) is 6.35. The molecule has 2 aromatic carbocycles. The van der Waals surface area contributed by atoms with Gasteiger partial charge in [-0.2, -0.15) is 0 Å². The van der Waals surface area contributed by atoms with Gasteiger partial charge in [0.2, 0.25) is 0 Å². The molecule has 1 aromatic heterocycles. The predicted octanol–water partition coefficient (Wildman–Crippen LogP) is 4.95. The highest BCUT2D eigenvalue weighted by Crippen LogP contribution is 2.30. The van der Waals surface area contributed by atoms with Gasteiger partial charge >= 0.3 is 0 Å². The van der Waals surface area contributed by atoms with Crippen molar-refractivity contribution in [3.63, 3.8) is 0 Å². The van der Waals surface area contributed by atoms with E-state index in [2.05, 4.69) is 15.0 Å². The first-order chi connectivity index (χ1) is 14.0. The lowest BCUT2D eigenvalue weighted by molar-refractivity contribution is -0.384. The molecule has 0 spiro atoms. The van der Waals surface area contributed by atoms with E-state index in [1.807, 2.05) is 12.1 Å². The van der Waals surface area contributed by atoms with Gasteiger partial charge in [-0.3, -0.25) is 15.0 Å². The van der Waals surface area contributed by atoms with E-state index >= 15 is 0 Å². The number of nitro benzene ring substituents is 1. The Hall–Kier alpha value is -3.53. The normalized spacial score (nSPS) is 10.2. The van der Waals surface area contributed by atoms with Crippen molar-refractivity contribution >= 4 is 45.2 Å². The van der Waals surface area contributed by atoms with Crippen LogP contribution in [-0.4, -0.2) is 21.6 Å². The van der Waals surface area contributed by atoms with Gasteiger partial charge in [0, 0.05) is 40.2 Å². The van der Waals surface area contributed by atoms with Crippen LogP contribution in [0.25, 0.3) is 21.7 Å². The molecular formula is C18H15N7O2S2. The SMILES string of the molecule is [N-]=[N+]=Nc1ccccc1CCN(C(N)=S)c1nc(-c2cccc([N+](=O)[O-])c2)cs1. The largest absolute Gasteiger partial charge is 0.376 e. The molecule has 0 unspecified atom stereocenters. The number of azide groups is 1. The smallest absolute Gasteiger partial charge is 0.270 e. The summed E-state index contributed by atoms with van der Waals surface area (Å²) in [6.07, 6.45) is 0.540. The summed E-state index contributed by atoms with van der Waals surface area (Å²) < 4.78 is 0. The van der Waals surface area contributed by atoms with E-state index in [-0.39, 0.29) is 10.8 Å². The summed E-state index contributed by atoms with van der Waals surface area (Å²) in [6, 6.07) is 13.5. The van der Waals surface area contributed by atoms with Crippen LogP contribution in [0.5, 0.6) is 0 Å². The standard InChI is InChI=1S/C18H15N7O2S2/c19-17(28)24(9-8-12-4-1-2-7-15(12)22-23-20)18-21-16(11-29-18)13-5-3-6-14(10-13)25(26)27/h1-7,10-11H,8-9H2,(H2,19,28). The fraction of sp³-hybridized carbons (Fsp3) is 0.111. The third-order valence-corrected chi connectivity index (χ3v) is 5.17. The summed E-state index contributed by atoms with van der Waals surface area (Å²) >= 11 is 6.52. The van der Waals surface area contributed by atoms with Crippen LogP contribution in [0.15, 0.2) is 59.0 Å². The van der Waals surface area contributed by atoms with Crippen molar-refractivity contribution in [2.45, 2.75) is 6.42 Å². The molecule has 3 rings (SSSR count). The zero-order valence-corrected chi connectivity index (χ0v) is 16.6. The Bertz CT molecular complexity index is 1110. The molecule has 9 nitrogen and oxygen atoms in total. The third kappa shape index (κ3) is 4.85. The second kappa shape index (κ2) is 9.11. The molecule has 0 saturated heterocycles. The highest BCUT2D eigenvalue weighted by atomic mass is 32.1. The number of anilines is 1. The first kappa shape index (κ1) is 20.2. The zero-order chi connectivity index (χ0) is 20.8. The summed E-state index contributed by atoms with van der Waals surface area (Å²) in [6.45, 7) is 0.440. The van der Waals surface area contributed by atoms with Crippen LogP contribution in [0, 0.1) is 10.1 Å². The lowest BCUT2D eigenvalue weighted by Gasteiger charge is -2.20. The van der Waals surface area contributed by atoms with Gasteiger partial charge in [-0.05, 0) is 29.7 Å². The van der Waals surface area contributed by atoms with Crippen LogP contribution in [0.1, 0.15) is 5.56 Å². The Morgan fingerprint density at radius 1 is 1.34 bits per heavy atom. The number of thiocarbonyl (C=S) groups is 1. The molecule has 0 aliphatic rings. The molecule has 0 saturated carbocycles. The Labute approximate surface area is 175 Å². The lowest BCUT2D eigenvalue weighted by atomic mass is 10.1. The average Bonchev–Trinajstić information content (AvgIpc) is 3.19. The maximum absolute atomic E-state index is 11.0. The van der Waals surface area contributed by atoms with Gasteiger partial charge in [-0.1, -0.05) is 41.5 Å². The molecular weight excluding hydrogens is 410 g/mol. The van der Waals surface area contributed by atoms with Crippen molar-refractivity contribution in [1.29, 1.82) is 0 Å². The van der Waals surface area contributed by atoms with Crippen LogP contribution in [0.4, 0.5) is 16.5 Å². The summed E-state index contributed by atoms with van der Waals surface area (Å²) in [4.78, 5) is 19.6. The van der Waals surface area contributed by atoms with Crippen LogP contribution >= 0.6 is 23.6 Å². The zero-order valence-electron chi connectivity index (χ0n) is 15.0. The summed E-state index contributed by atoms with van der Waals surface area (Å²) in [5.41, 5.74) is 17.3. The van der Waals surface area contributed by atoms with Crippen molar-refractivity contribution in [3.8, 4) is 11.3 Å². The van der Waals surface area contributed by atoms with E-state index in [0.29, 0.717) is 35.0 Å². The van der Waals surface area contributed by atoms with E-state index in [0.717, 1.165) is 5.56 Å². The van der Waals surface area contributed by atoms with Gasteiger partial charge in [-0.25, -0.2) is 4.98 Å². The lowest BCUT2D eigenvalue weighted by Crippen LogP contribution is -2.37. The van der Waals surface area contributed by atoms with Gasteiger partial charge in [-0.15, -0.1) is 11.3 Å². The molecule has 0 bridgehead atoms. The summed E-state index contributed by atoms with van der Waals surface area (Å²) in [5.74, 6) is 0. The molecule has 146 valence electrons. The fourth-order valence-corrected chi connectivity index (χ4v) is 3.81. The Morgan fingerprint density at radius 2 is 2.14 bits per heavy atom. The average molecular weight is 425 g/mol. The second-order valence-electron chi connectivity index (χ2n) is 5.88. The number of nitrogens with two attached hydrogens (primary N) is 1. The number of aromatic nitrogens is 1. The Balaban J connectivity index is 1.82. The number of benzene rings is 2. The third-order valence-electron chi connectivity index (χ3n) is 4.09. The van der Waals surface area contributed by atoms with E-state index in [4.69, 9.17) is 23.5 Å². The molecule has 2 N–H and O–H groups in total. The molecule has 29 heavy (non-hydrogen) atoms. The van der Waals surface area contributed by atoms with Gasteiger partial charge in [0.25, 0.3) is 5.69 Å². The quantitative estimate of drug-likeness (QED) is 0.142. The molecule has 0 amide bonds. The van der Waals surface area contributed by atoms with Crippen molar-refractivity contribution in [2.24, 2.45) is 10.8 Å². The first-order valence-electron chi connectivity index (χ1n) is 8.40. The van der Waals surface area contributed by atoms with E-state index in [1.165, 1.54) is 23.5 Å². The van der Waals surface area contributed by atoms with Crippen molar-refractivity contribution < 1.29 is 4.92 Å². The topological polar surface area (TPSA) is 134 Å². The molecule has 3 aromatic rings. The van der Waals surface area contributed by atoms with Crippen molar-refractivity contribution in [1.82, 2.24) is 4.98 Å². The number of rotatable bonds is 7. The number of thiazole rings is 1. The number of hydrogen-bond acceptors (Lipinski definition) is 6. The molecule has 0 aliphatic heterocycles. The summed E-state index contributed by atoms with van der Waals surface area (Å²) in [5, 5.41) is 17.2. The summed E-state index contributed by atoms with van der Waals surface area (Å²) in [7, 11) is 0. The molecule has 0 atom stereocenters. The molecule has 1 heterocycles. The van der Waals surface area contributed by atoms with Gasteiger partial charge < -0.3 is 5.73 Å². The van der Waals surface area contributed by atoms with E-state index in [9.17, 15) is 10.1 Å². The van der Waals surface area contributed by atoms with Crippen LogP contribution in [0.3, 0.4) is 0 Å². The van der Waals surface area contributed by atoms with Gasteiger partial charge in [0.15, 0.2) is 10.2 Å². The molecule has 0 aliphatic carbocycles. The Morgan fingerprint density at radius 3 is 2.86 bits per heavy atom. The molecule has 11 heteroatoms. The molecule has 0 radical (unpaired) electrons. The highest BCUT2D eigenvalue weighted by Gasteiger charge is 2.16. The number of nitro groups is 1. The van der Waals surface area contributed by atoms with Crippen LogP contribution < -0.4 is 10.6 Å². The minimum atomic E-state index is -0.445. The highest BCUT2D eigenvalue weighted by molar-refractivity contribution is 7.80. The van der Waals surface area contributed by atoms with E-state index in [1.54, 1.807) is 34.5 Å². The van der Waals surface area contributed by atoms with Gasteiger partial charge in [0.05, 0.1) is 10.6 Å². The van der Waals surface area contributed by atoms with Crippen LogP contribution in [-0.2, 0) is 6.42 Å². The number of hydrogen-bond donors (Lipinski definition) is 1. The van der Waals surface area contributed by atoms with Crippen LogP contribution in [0.2, 0.25) is 0 Å². The number of non-ortho nitro benzene ring substituents is 1. The predicted molar refractivity (Wildman–Crippen MR) is 117 cm³/mol. The van der Waals surface area contributed by atoms with Crippen molar-refractivity contribution in [3.05, 3.63) is 80.0 Å². The fourth-order valence-electron chi connectivity index (χ4n) is 2.70. The monoisotopic (exact) mass is 425 g/mol. The van der Waals surface area contributed by atoms with Gasteiger partial charge in [0.1, 0.15) is 0 Å². The number of nitrogens with zero attached hydrogens (tertiary/aromatic N) is 6. The first-order valence-corrected chi connectivity index (χ1v) is 9.68.